The van der Waals surface area contributed by atoms with E-state index in [-0.39, 0.29) is 11.7 Å². The number of hydrogen-bond acceptors (Lipinski definition) is 4. The van der Waals surface area contributed by atoms with Crippen LogP contribution >= 0.6 is 22.9 Å². The molecule has 100 valence electrons. The lowest BCUT2D eigenvalue weighted by atomic mass is 10.2. The highest BCUT2D eigenvalue weighted by molar-refractivity contribution is 7.12. The number of ether oxygens (including phenoxy) is 1. The Balaban J connectivity index is 2.42. The molecular formula is C12H16ClNO3S. The summed E-state index contributed by atoms with van der Waals surface area (Å²) in [6.07, 6.45) is -0.232. The predicted molar refractivity (Wildman–Crippen MR) is 72.0 cm³/mol. The molecule has 0 saturated heterocycles. The molecule has 6 heteroatoms. The van der Waals surface area contributed by atoms with Gasteiger partial charge in [0.1, 0.15) is 5.60 Å². The molecule has 1 aromatic rings. The van der Waals surface area contributed by atoms with Crippen molar-refractivity contribution < 1.29 is 14.3 Å². The zero-order valence-electron chi connectivity index (χ0n) is 10.6. The highest BCUT2D eigenvalue weighted by atomic mass is 35.5. The fourth-order valence-corrected chi connectivity index (χ4v) is 2.40. The van der Waals surface area contributed by atoms with Crippen molar-refractivity contribution in [2.45, 2.75) is 39.3 Å². The molecule has 0 saturated carbocycles. The summed E-state index contributed by atoms with van der Waals surface area (Å²) in [7, 11) is 0. The first-order valence-corrected chi connectivity index (χ1v) is 6.68. The summed E-state index contributed by atoms with van der Waals surface area (Å²) in [5.41, 5.74) is -0.504. The van der Waals surface area contributed by atoms with Crippen molar-refractivity contribution in [1.29, 1.82) is 0 Å². The van der Waals surface area contributed by atoms with Crippen LogP contribution in [0.4, 0.5) is 4.79 Å². The van der Waals surface area contributed by atoms with Crippen LogP contribution in [0.3, 0.4) is 0 Å². The lowest BCUT2D eigenvalue weighted by molar-refractivity contribution is -0.111. The summed E-state index contributed by atoms with van der Waals surface area (Å²) < 4.78 is 5.11. The number of alkyl carbamates (subject to hydrolysis) is 1. The van der Waals surface area contributed by atoms with Crippen LogP contribution in [0.1, 0.15) is 30.5 Å². The van der Waals surface area contributed by atoms with Gasteiger partial charge in [-0.15, -0.1) is 11.3 Å². The van der Waals surface area contributed by atoms with Crippen molar-refractivity contribution in [3.63, 3.8) is 0 Å². The lowest BCUT2D eigenvalue weighted by Gasteiger charge is -2.19. The van der Waals surface area contributed by atoms with Gasteiger partial charge < -0.3 is 10.1 Å². The van der Waals surface area contributed by atoms with Crippen molar-refractivity contribution in [3.05, 3.63) is 21.9 Å². The fraction of sp³-hybridized carbons (Fsp3) is 0.500. The molecule has 1 aromatic heterocycles. The van der Waals surface area contributed by atoms with Crippen molar-refractivity contribution in [2.75, 3.05) is 0 Å². The Bertz CT molecular complexity index is 437. The second kappa shape index (κ2) is 6.20. The molecule has 1 amide bonds. The van der Waals surface area contributed by atoms with Crippen LogP contribution in [0.2, 0.25) is 0 Å². The first kappa shape index (κ1) is 15.0. The molecular weight excluding hydrogens is 274 g/mol. The van der Waals surface area contributed by atoms with Crippen LogP contribution < -0.4 is 5.32 Å². The predicted octanol–water partition coefficient (Wildman–Crippen LogP) is 3.08. The van der Waals surface area contributed by atoms with Crippen LogP contribution in [-0.4, -0.2) is 16.9 Å². The molecule has 0 spiro atoms. The Kier molecular flexibility index (Phi) is 5.16. The van der Waals surface area contributed by atoms with Gasteiger partial charge in [0.2, 0.25) is 5.24 Å². The average molecular weight is 290 g/mol. The fourth-order valence-electron chi connectivity index (χ4n) is 1.22. The Labute approximate surface area is 115 Å². The van der Waals surface area contributed by atoms with Gasteiger partial charge in [-0.1, -0.05) is 0 Å². The maximum atomic E-state index is 11.4. The zero-order chi connectivity index (χ0) is 13.8. The SMILES string of the molecule is CC(C)(C)OC(=O)NCc1ccc(CC(=O)Cl)s1. The highest BCUT2D eigenvalue weighted by Gasteiger charge is 2.15. The molecule has 0 aromatic carbocycles. The van der Waals surface area contributed by atoms with Gasteiger partial charge in [-0.2, -0.15) is 0 Å². The van der Waals surface area contributed by atoms with Gasteiger partial charge in [0, 0.05) is 9.75 Å². The molecule has 18 heavy (non-hydrogen) atoms. The largest absolute Gasteiger partial charge is 0.444 e. The second-order valence-corrected chi connectivity index (χ2v) is 6.43. The maximum absolute atomic E-state index is 11.4. The number of amides is 1. The smallest absolute Gasteiger partial charge is 0.407 e. The first-order valence-electron chi connectivity index (χ1n) is 5.49. The first-order chi connectivity index (χ1) is 8.26. The number of rotatable bonds is 4. The topological polar surface area (TPSA) is 55.4 Å². The Morgan fingerprint density at radius 1 is 1.33 bits per heavy atom. The quantitative estimate of drug-likeness (QED) is 0.867. The average Bonchev–Trinajstić information content (AvgIpc) is 2.59. The molecule has 0 radical (unpaired) electrons. The molecule has 1 rings (SSSR count). The number of hydrogen-bond donors (Lipinski definition) is 1. The van der Waals surface area contributed by atoms with Gasteiger partial charge in [0.05, 0.1) is 13.0 Å². The van der Waals surface area contributed by atoms with E-state index in [1.807, 2.05) is 32.9 Å². The third-order valence-corrected chi connectivity index (χ3v) is 3.06. The Morgan fingerprint density at radius 2 is 1.94 bits per heavy atom. The zero-order valence-corrected chi connectivity index (χ0v) is 12.2. The number of nitrogens with one attached hydrogen (secondary N) is 1. The molecule has 1 heterocycles. The molecule has 0 aliphatic carbocycles. The van der Waals surface area contributed by atoms with Crippen molar-refractivity contribution in [1.82, 2.24) is 5.32 Å². The van der Waals surface area contributed by atoms with E-state index < -0.39 is 11.7 Å². The lowest BCUT2D eigenvalue weighted by Crippen LogP contribution is -2.31. The van der Waals surface area contributed by atoms with Gasteiger partial charge >= 0.3 is 6.09 Å². The van der Waals surface area contributed by atoms with E-state index in [1.165, 1.54) is 11.3 Å². The maximum Gasteiger partial charge on any atom is 0.407 e. The minimum absolute atomic E-state index is 0.221. The van der Waals surface area contributed by atoms with E-state index in [0.717, 1.165) is 9.75 Å². The summed E-state index contributed by atoms with van der Waals surface area (Å²) in [5, 5.41) is 2.27. The van der Waals surface area contributed by atoms with Crippen molar-refractivity contribution in [3.8, 4) is 0 Å². The van der Waals surface area contributed by atoms with Gasteiger partial charge in [0.25, 0.3) is 0 Å². The van der Waals surface area contributed by atoms with Crippen molar-refractivity contribution in [2.24, 2.45) is 0 Å². The van der Waals surface area contributed by atoms with Gasteiger partial charge in [0.15, 0.2) is 0 Å². The summed E-state index contributed by atoms with van der Waals surface area (Å²) >= 11 is 6.75. The van der Waals surface area contributed by atoms with E-state index in [0.29, 0.717) is 6.54 Å². The van der Waals surface area contributed by atoms with Crippen LogP contribution in [0.5, 0.6) is 0 Å². The van der Waals surface area contributed by atoms with Crippen LogP contribution in [-0.2, 0) is 22.5 Å². The number of carbonyl (C=O) groups excluding carboxylic acids is 2. The number of carbonyl (C=O) groups is 2. The highest BCUT2D eigenvalue weighted by Crippen LogP contribution is 2.17. The molecule has 4 nitrogen and oxygen atoms in total. The molecule has 1 N–H and O–H groups in total. The van der Waals surface area contributed by atoms with E-state index >= 15 is 0 Å². The Morgan fingerprint density at radius 3 is 2.50 bits per heavy atom. The van der Waals surface area contributed by atoms with Gasteiger partial charge in [-0.25, -0.2) is 4.79 Å². The minimum atomic E-state index is -0.504. The standard InChI is InChI=1S/C12H16ClNO3S/c1-12(2,3)17-11(16)14-7-9-5-4-8(18-9)6-10(13)15/h4-5H,6-7H2,1-3H3,(H,14,16). The number of halogens is 1. The van der Waals surface area contributed by atoms with Gasteiger partial charge in [-0.3, -0.25) is 4.79 Å². The minimum Gasteiger partial charge on any atom is -0.444 e. The number of thiophene rings is 1. The monoisotopic (exact) mass is 289 g/mol. The normalized spacial score (nSPS) is 11.1. The summed E-state index contributed by atoms with van der Waals surface area (Å²) in [6.45, 7) is 5.81. The van der Waals surface area contributed by atoms with Crippen LogP contribution in [0, 0.1) is 0 Å². The van der Waals surface area contributed by atoms with E-state index in [9.17, 15) is 9.59 Å². The molecule has 0 fully saturated rings. The van der Waals surface area contributed by atoms with Crippen LogP contribution in [0.15, 0.2) is 12.1 Å². The third kappa shape index (κ3) is 6.02. The molecule has 0 atom stereocenters. The van der Waals surface area contributed by atoms with Gasteiger partial charge in [-0.05, 0) is 44.5 Å². The van der Waals surface area contributed by atoms with Crippen LogP contribution in [0.25, 0.3) is 0 Å². The molecule has 0 bridgehead atoms. The summed E-state index contributed by atoms with van der Waals surface area (Å²) in [6, 6.07) is 3.69. The molecule has 0 aliphatic rings. The van der Waals surface area contributed by atoms with E-state index in [4.69, 9.17) is 16.3 Å². The van der Waals surface area contributed by atoms with E-state index in [1.54, 1.807) is 0 Å². The Hall–Kier alpha value is -1.07. The summed E-state index contributed by atoms with van der Waals surface area (Å²) in [4.78, 5) is 24.0. The molecule has 0 aliphatic heterocycles. The second-order valence-electron chi connectivity index (χ2n) is 4.76. The molecule has 0 unspecified atom stereocenters. The summed E-state index contributed by atoms with van der Waals surface area (Å²) in [5.74, 6) is 0. The van der Waals surface area contributed by atoms with Crippen molar-refractivity contribution >= 4 is 34.3 Å². The van der Waals surface area contributed by atoms with E-state index in [2.05, 4.69) is 5.32 Å². The third-order valence-electron chi connectivity index (χ3n) is 1.84.